The van der Waals surface area contributed by atoms with Gasteiger partial charge in [-0.25, -0.2) is 17.5 Å². The molecule has 0 radical (unpaired) electrons. The molecule has 0 bridgehead atoms. The first-order chi connectivity index (χ1) is 9.92. The van der Waals surface area contributed by atoms with Crippen LogP contribution in [-0.4, -0.2) is 8.42 Å². The molecule has 0 saturated heterocycles. The minimum absolute atomic E-state index is 0.0231. The second-order valence-electron chi connectivity index (χ2n) is 4.21. The molecule has 7 heteroatoms. The third-order valence-electron chi connectivity index (χ3n) is 2.71. The van der Waals surface area contributed by atoms with Crippen molar-refractivity contribution in [1.82, 2.24) is 4.72 Å². The summed E-state index contributed by atoms with van der Waals surface area (Å²) in [5.41, 5.74) is 1.04. The highest BCUT2D eigenvalue weighted by Crippen LogP contribution is 2.22. The molecule has 0 amide bonds. The topological polar surface area (TPSA) is 70.0 Å². The van der Waals surface area contributed by atoms with Gasteiger partial charge < -0.3 is 0 Å². The Morgan fingerprint density at radius 1 is 1.24 bits per heavy atom. The Hall–Kier alpha value is -1.94. The summed E-state index contributed by atoms with van der Waals surface area (Å²) in [5, 5.41) is 8.73. The number of halogens is 2. The number of benzene rings is 2. The van der Waals surface area contributed by atoms with E-state index in [1.54, 1.807) is 24.3 Å². The van der Waals surface area contributed by atoms with Crippen LogP contribution in [0.4, 0.5) is 4.39 Å². The Balaban J connectivity index is 2.22. The van der Waals surface area contributed by atoms with Crippen LogP contribution < -0.4 is 4.72 Å². The van der Waals surface area contributed by atoms with Gasteiger partial charge >= 0.3 is 0 Å². The summed E-state index contributed by atoms with van der Waals surface area (Å²) in [6, 6.07) is 11.6. The average molecular weight is 325 g/mol. The molecule has 0 heterocycles. The maximum atomic E-state index is 13.2. The van der Waals surface area contributed by atoms with Gasteiger partial charge in [-0.2, -0.15) is 5.26 Å². The number of nitriles is 1. The van der Waals surface area contributed by atoms with Gasteiger partial charge in [-0.1, -0.05) is 23.7 Å². The standard InChI is InChI=1S/C14H10ClFN2O2S/c15-13-5-4-12(16)7-14(13)21(19,20)18-9-11-3-1-2-10(6-11)8-17/h1-7,18H,9H2. The van der Waals surface area contributed by atoms with E-state index in [1.165, 1.54) is 6.07 Å². The number of nitrogens with one attached hydrogen (secondary N) is 1. The van der Waals surface area contributed by atoms with Crippen molar-refractivity contribution in [2.45, 2.75) is 11.4 Å². The summed E-state index contributed by atoms with van der Waals surface area (Å²) in [6.45, 7) is -0.0231. The maximum Gasteiger partial charge on any atom is 0.242 e. The Bertz CT molecular complexity index is 816. The number of hydrogen-bond acceptors (Lipinski definition) is 3. The van der Waals surface area contributed by atoms with Crippen molar-refractivity contribution in [3.63, 3.8) is 0 Å². The van der Waals surface area contributed by atoms with Gasteiger partial charge in [0.15, 0.2) is 0 Å². The van der Waals surface area contributed by atoms with Crippen molar-refractivity contribution in [2.75, 3.05) is 0 Å². The Kier molecular flexibility index (Phi) is 4.58. The van der Waals surface area contributed by atoms with Crippen molar-refractivity contribution < 1.29 is 12.8 Å². The molecule has 0 aliphatic heterocycles. The molecule has 2 rings (SSSR count). The molecule has 0 atom stereocenters. The van der Waals surface area contributed by atoms with E-state index < -0.39 is 15.8 Å². The molecule has 2 aromatic rings. The fraction of sp³-hybridized carbons (Fsp3) is 0.0714. The lowest BCUT2D eigenvalue weighted by Gasteiger charge is -2.08. The van der Waals surface area contributed by atoms with Crippen molar-refractivity contribution in [3.05, 3.63) is 64.4 Å². The van der Waals surface area contributed by atoms with E-state index in [4.69, 9.17) is 16.9 Å². The van der Waals surface area contributed by atoms with Crippen LogP contribution in [0.3, 0.4) is 0 Å². The summed E-state index contributed by atoms with van der Waals surface area (Å²) in [7, 11) is -3.94. The van der Waals surface area contributed by atoms with Crippen LogP contribution in [0.25, 0.3) is 0 Å². The van der Waals surface area contributed by atoms with Gasteiger partial charge in [-0.15, -0.1) is 0 Å². The first kappa shape index (κ1) is 15.4. The van der Waals surface area contributed by atoms with Crippen molar-refractivity contribution in [3.8, 4) is 6.07 Å². The molecule has 0 aliphatic rings. The lowest BCUT2D eigenvalue weighted by atomic mass is 10.1. The minimum atomic E-state index is -3.94. The summed E-state index contributed by atoms with van der Waals surface area (Å²) in [4.78, 5) is -0.319. The molecule has 21 heavy (non-hydrogen) atoms. The summed E-state index contributed by atoms with van der Waals surface area (Å²) in [5.74, 6) is -0.689. The van der Waals surface area contributed by atoms with Gasteiger partial charge in [0, 0.05) is 6.54 Å². The zero-order chi connectivity index (χ0) is 15.5. The quantitative estimate of drug-likeness (QED) is 0.940. The first-order valence-electron chi connectivity index (χ1n) is 5.86. The molecule has 2 aromatic carbocycles. The zero-order valence-corrected chi connectivity index (χ0v) is 12.2. The van der Waals surface area contributed by atoms with Gasteiger partial charge in [0.2, 0.25) is 10.0 Å². The van der Waals surface area contributed by atoms with Crippen molar-refractivity contribution in [1.29, 1.82) is 5.26 Å². The van der Waals surface area contributed by atoms with Gasteiger partial charge in [0.25, 0.3) is 0 Å². The predicted octanol–water partition coefficient (Wildman–Crippen LogP) is 2.83. The molecular formula is C14H10ClFN2O2S. The monoisotopic (exact) mass is 324 g/mol. The van der Waals surface area contributed by atoms with E-state index in [1.807, 2.05) is 6.07 Å². The van der Waals surface area contributed by atoms with Crippen LogP contribution in [-0.2, 0) is 16.6 Å². The summed E-state index contributed by atoms with van der Waals surface area (Å²) < 4.78 is 39.7. The highest BCUT2D eigenvalue weighted by atomic mass is 35.5. The second kappa shape index (κ2) is 6.22. The van der Waals surface area contributed by atoms with E-state index >= 15 is 0 Å². The Morgan fingerprint density at radius 2 is 2.00 bits per heavy atom. The lowest BCUT2D eigenvalue weighted by molar-refractivity contribution is 0.577. The highest BCUT2D eigenvalue weighted by Gasteiger charge is 2.18. The lowest BCUT2D eigenvalue weighted by Crippen LogP contribution is -2.23. The van der Waals surface area contributed by atoms with Crippen LogP contribution >= 0.6 is 11.6 Å². The second-order valence-corrected chi connectivity index (χ2v) is 6.35. The molecule has 1 N–H and O–H groups in total. The van der Waals surface area contributed by atoms with Crippen LogP contribution in [0.15, 0.2) is 47.4 Å². The molecule has 4 nitrogen and oxygen atoms in total. The fourth-order valence-corrected chi connectivity index (χ4v) is 3.22. The number of hydrogen-bond donors (Lipinski definition) is 1. The Labute approximate surface area is 126 Å². The fourth-order valence-electron chi connectivity index (χ4n) is 1.69. The van der Waals surface area contributed by atoms with E-state index in [0.717, 1.165) is 12.1 Å². The molecule has 0 saturated carbocycles. The molecular weight excluding hydrogens is 315 g/mol. The number of nitrogens with zero attached hydrogens (tertiary/aromatic N) is 1. The predicted molar refractivity (Wildman–Crippen MR) is 76.6 cm³/mol. The SMILES string of the molecule is N#Cc1cccc(CNS(=O)(=O)c2cc(F)ccc2Cl)c1. The summed E-state index contributed by atoms with van der Waals surface area (Å²) in [6.07, 6.45) is 0. The van der Waals surface area contributed by atoms with Gasteiger partial charge in [-0.3, -0.25) is 0 Å². The smallest absolute Gasteiger partial charge is 0.207 e. The van der Waals surface area contributed by atoms with E-state index in [9.17, 15) is 12.8 Å². The molecule has 0 unspecified atom stereocenters. The normalized spacial score (nSPS) is 11.1. The molecule has 0 fully saturated rings. The number of sulfonamides is 1. The van der Waals surface area contributed by atoms with Crippen LogP contribution in [0.2, 0.25) is 5.02 Å². The van der Waals surface area contributed by atoms with Crippen molar-refractivity contribution >= 4 is 21.6 Å². The largest absolute Gasteiger partial charge is 0.242 e. The third-order valence-corrected chi connectivity index (χ3v) is 4.59. The van der Waals surface area contributed by atoms with Crippen LogP contribution in [0.1, 0.15) is 11.1 Å². The van der Waals surface area contributed by atoms with Crippen molar-refractivity contribution in [2.24, 2.45) is 0 Å². The third kappa shape index (κ3) is 3.79. The van der Waals surface area contributed by atoms with E-state index in [-0.39, 0.29) is 16.5 Å². The zero-order valence-electron chi connectivity index (χ0n) is 10.7. The first-order valence-corrected chi connectivity index (χ1v) is 7.72. The highest BCUT2D eigenvalue weighted by molar-refractivity contribution is 7.89. The number of rotatable bonds is 4. The molecule has 0 aromatic heterocycles. The Morgan fingerprint density at radius 3 is 2.71 bits per heavy atom. The van der Waals surface area contributed by atoms with E-state index in [0.29, 0.717) is 11.1 Å². The minimum Gasteiger partial charge on any atom is -0.207 e. The average Bonchev–Trinajstić information content (AvgIpc) is 2.48. The van der Waals surface area contributed by atoms with Crippen LogP contribution in [0, 0.1) is 17.1 Å². The van der Waals surface area contributed by atoms with Crippen LogP contribution in [0.5, 0.6) is 0 Å². The molecule has 0 spiro atoms. The van der Waals surface area contributed by atoms with Gasteiger partial charge in [-0.05, 0) is 35.9 Å². The maximum absolute atomic E-state index is 13.2. The van der Waals surface area contributed by atoms with Gasteiger partial charge in [0.05, 0.1) is 16.7 Å². The summed E-state index contributed by atoms with van der Waals surface area (Å²) >= 11 is 5.78. The van der Waals surface area contributed by atoms with E-state index in [2.05, 4.69) is 4.72 Å². The molecule has 0 aliphatic carbocycles. The molecule has 108 valence electrons. The van der Waals surface area contributed by atoms with Gasteiger partial charge in [0.1, 0.15) is 10.7 Å².